The lowest BCUT2D eigenvalue weighted by Gasteiger charge is -2.22. The van der Waals surface area contributed by atoms with Crippen LogP contribution in [0, 0.1) is 19.7 Å². The lowest BCUT2D eigenvalue weighted by Crippen LogP contribution is -2.40. The summed E-state index contributed by atoms with van der Waals surface area (Å²) in [6.45, 7) is 5.81. The summed E-state index contributed by atoms with van der Waals surface area (Å²) in [4.78, 5) is 26.4. The SMILES string of the molecule is Cc1cc(C)cc(CN2C(=O)NC(C)(c3ccc(F)cc3)C2=O)c1. The second-order valence-electron chi connectivity index (χ2n) is 6.45. The molecule has 1 heterocycles. The van der Waals surface area contributed by atoms with Gasteiger partial charge in [0.05, 0.1) is 6.54 Å². The maximum absolute atomic E-state index is 13.1. The summed E-state index contributed by atoms with van der Waals surface area (Å²) >= 11 is 0. The number of hydrogen-bond donors (Lipinski definition) is 1. The summed E-state index contributed by atoms with van der Waals surface area (Å²) < 4.78 is 13.1. The normalized spacial score (nSPS) is 20.4. The Balaban J connectivity index is 1.90. The Bertz CT molecular complexity index is 796. The summed E-state index contributed by atoms with van der Waals surface area (Å²) in [6, 6.07) is 11.1. The maximum Gasteiger partial charge on any atom is 0.325 e. The summed E-state index contributed by atoms with van der Waals surface area (Å²) in [5, 5.41) is 2.73. The van der Waals surface area contributed by atoms with Gasteiger partial charge < -0.3 is 5.32 Å². The van der Waals surface area contributed by atoms with Crippen molar-refractivity contribution in [3.8, 4) is 0 Å². The van der Waals surface area contributed by atoms with Gasteiger partial charge in [0.2, 0.25) is 0 Å². The zero-order valence-electron chi connectivity index (χ0n) is 13.9. The number of rotatable bonds is 3. The number of nitrogens with zero attached hydrogens (tertiary/aromatic N) is 1. The Kier molecular flexibility index (Phi) is 3.87. The molecule has 0 bridgehead atoms. The largest absolute Gasteiger partial charge is 0.325 e. The predicted molar refractivity (Wildman–Crippen MR) is 88.7 cm³/mol. The molecule has 2 aromatic rings. The third-order valence-corrected chi connectivity index (χ3v) is 4.32. The molecule has 0 aliphatic carbocycles. The number of hydrogen-bond acceptors (Lipinski definition) is 2. The number of carbonyl (C=O) groups excluding carboxylic acids is 2. The smallest absolute Gasteiger partial charge is 0.319 e. The molecule has 1 unspecified atom stereocenters. The van der Waals surface area contributed by atoms with Crippen LogP contribution in [0.3, 0.4) is 0 Å². The molecule has 1 atom stereocenters. The lowest BCUT2D eigenvalue weighted by atomic mass is 9.92. The number of imide groups is 1. The van der Waals surface area contributed by atoms with E-state index in [0.717, 1.165) is 16.7 Å². The first-order valence-electron chi connectivity index (χ1n) is 7.77. The summed E-state index contributed by atoms with van der Waals surface area (Å²) in [5.41, 5.74) is 2.45. The number of nitrogens with one attached hydrogen (secondary N) is 1. The molecule has 1 N–H and O–H groups in total. The topological polar surface area (TPSA) is 49.4 Å². The molecule has 1 aliphatic heterocycles. The number of carbonyl (C=O) groups is 2. The summed E-state index contributed by atoms with van der Waals surface area (Å²) in [6.07, 6.45) is 0. The van der Waals surface area contributed by atoms with Crippen molar-refractivity contribution in [1.29, 1.82) is 0 Å². The van der Waals surface area contributed by atoms with Crippen molar-refractivity contribution in [3.05, 3.63) is 70.5 Å². The molecular weight excluding hydrogens is 307 g/mol. The first kappa shape index (κ1) is 16.2. The number of halogens is 1. The number of benzene rings is 2. The molecular formula is C19H19FN2O2. The van der Waals surface area contributed by atoms with Crippen LogP contribution in [0.1, 0.15) is 29.2 Å². The van der Waals surface area contributed by atoms with Crippen molar-refractivity contribution < 1.29 is 14.0 Å². The highest BCUT2D eigenvalue weighted by Gasteiger charge is 2.48. The van der Waals surface area contributed by atoms with E-state index in [-0.39, 0.29) is 18.3 Å². The molecule has 0 radical (unpaired) electrons. The molecule has 1 aliphatic rings. The van der Waals surface area contributed by atoms with Gasteiger partial charge in [-0.15, -0.1) is 0 Å². The van der Waals surface area contributed by atoms with Gasteiger partial charge in [0.15, 0.2) is 0 Å². The lowest BCUT2D eigenvalue weighted by molar-refractivity contribution is -0.131. The van der Waals surface area contributed by atoms with Crippen molar-refractivity contribution in [2.75, 3.05) is 0 Å². The van der Waals surface area contributed by atoms with Crippen molar-refractivity contribution in [2.45, 2.75) is 32.9 Å². The molecule has 0 aromatic heterocycles. The monoisotopic (exact) mass is 326 g/mol. The zero-order valence-corrected chi connectivity index (χ0v) is 13.9. The minimum atomic E-state index is -1.18. The van der Waals surface area contributed by atoms with Crippen LogP contribution < -0.4 is 5.32 Å². The van der Waals surface area contributed by atoms with Gasteiger partial charge in [0.25, 0.3) is 5.91 Å². The molecule has 3 amide bonds. The van der Waals surface area contributed by atoms with Crippen LogP contribution in [0.2, 0.25) is 0 Å². The molecule has 0 saturated carbocycles. The minimum absolute atomic E-state index is 0.212. The first-order chi connectivity index (χ1) is 11.3. The fraction of sp³-hybridized carbons (Fsp3) is 0.263. The fourth-order valence-corrected chi connectivity index (χ4v) is 3.16. The maximum atomic E-state index is 13.1. The van der Waals surface area contributed by atoms with Crippen LogP contribution in [0.15, 0.2) is 42.5 Å². The minimum Gasteiger partial charge on any atom is -0.319 e. The first-order valence-corrected chi connectivity index (χ1v) is 7.77. The van der Waals surface area contributed by atoms with E-state index in [1.165, 1.54) is 29.2 Å². The molecule has 1 saturated heterocycles. The van der Waals surface area contributed by atoms with Crippen LogP contribution in [-0.2, 0) is 16.9 Å². The van der Waals surface area contributed by atoms with Gasteiger partial charge in [0.1, 0.15) is 11.4 Å². The van der Waals surface area contributed by atoms with Crippen LogP contribution in [0.5, 0.6) is 0 Å². The Morgan fingerprint density at radius 1 is 1.04 bits per heavy atom. The number of amides is 3. The summed E-state index contributed by atoms with van der Waals surface area (Å²) in [5.74, 6) is -0.718. The van der Waals surface area contributed by atoms with Crippen LogP contribution >= 0.6 is 0 Å². The highest BCUT2D eigenvalue weighted by Crippen LogP contribution is 2.30. The quantitative estimate of drug-likeness (QED) is 0.879. The van der Waals surface area contributed by atoms with E-state index in [1.807, 2.05) is 32.0 Å². The van der Waals surface area contributed by atoms with Crippen molar-refractivity contribution in [3.63, 3.8) is 0 Å². The van der Waals surface area contributed by atoms with Gasteiger partial charge in [-0.05, 0) is 44.0 Å². The molecule has 124 valence electrons. The van der Waals surface area contributed by atoms with E-state index < -0.39 is 11.6 Å². The highest BCUT2D eigenvalue weighted by molar-refractivity contribution is 6.07. The van der Waals surface area contributed by atoms with E-state index >= 15 is 0 Å². The molecule has 5 heteroatoms. The van der Waals surface area contributed by atoms with Crippen molar-refractivity contribution in [1.82, 2.24) is 10.2 Å². The molecule has 0 spiro atoms. The van der Waals surface area contributed by atoms with Crippen LogP contribution in [-0.4, -0.2) is 16.8 Å². The van der Waals surface area contributed by atoms with E-state index in [4.69, 9.17) is 0 Å². The van der Waals surface area contributed by atoms with Crippen LogP contribution in [0.4, 0.5) is 9.18 Å². The molecule has 2 aromatic carbocycles. The number of urea groups is 1. The predicted octanol–water partition coefficient (Wildman–Crippen LogP) is 3.41. The summed E-state index contributed by atoms with van der Waals surface area (Å²) in [7, 11) is 0. The van der Waals surface area contributed by atoms with Crippen LogP contribution in [0.25, 0.3) is 0 Å². The van der Waals surface area contributed by atoms with E-state index in [2.05, 4.69) is 5.32 Å². The molecule has 4 nitrogen and oxygen atoms in total. The van der Waals surface area contributed by atoms with Gasteiger partial charge >= 0.3 is 6.03 Å². The van der Waals surface area contributed by atoms with E-state index in [1.54, 1.807) is 6.92 Å². The molecule has 24 heavy (non-hydrogen) atoms. The standard InChI is InChI=1S/C19H19FN2O2/c1-12-8-13(2)10-14(9-12)11-22-17(23)19(3,21-18(22)24)15-4-6-16(20)7-5-15/h4-10H,11H2,1-3H3,(H,21,24). The average Bonchev–Trinajstić information content (AvgIpc) is 2.71. The van der Waals surface area contributed by atoms with Gasteiger partial charge in [-0.2, -0.15) is 0 Å². The third-order valence-electron chi connectivity index (χ3n) is 4.32. The Morgan fingerprint density at radius 2 is 1.62 bits per heavy atom. The second kappa shape index (κ2) is 5.74. The average molecular weight is 326 g/mol. The Hall–Kier alpha value is -2.69. The van der Waals surface area contributed by atoms with E-state index in [9.17, 15) is 14.0 Å². The second-order valence-corrected chi connectivity index (χ2v) is 6.45. The van der Waals surface area contributed by atoms with E-state index in [0.29, 0.717) is 5.56 Å². The molecule has 3 rings (SSSR count). The van der Waals surface area contributed by atoms with Crippen molar-refractivity contribution in [2.24, 2.45) is 0 Å². The van der Waals surface area contributed by atoms with Gasteiger partial charge in [-0.3, -0.25) is 9.69 Å². The zero-order chi connectivity index (χ0) is 17.5. The van der Waals surface area contributed by atoms with Gasteiger partial charge in [0, 0.05) is 0 Å². The fourth-order valence-electron chi connectivity index (χ4n) is 3.16. The third kappa shape index (κ3) is 2.77. The molecule has 1 fully saturated rings. The number of aryl methyl sites for hydroxylation is 2. The van der Waals surface area contributed by atoms with Gasteiger partial charge in [-0.25, -0.2) is 9.18 Å². The van der Waals surface area contributed by atoms with Gasteiger partial charge in [-0.1, -0.05) is 41.5 Å². The Labute approximate surface area is 140 Å². The van der Waals surface area contributed by atoms with Crippen molar-refractivity contribution >= 4 is 11.9 Å². The highest BCUT2D eigenvalue weighted by atomic mass is 19.1. The Morgan fingerprint density at radius 3 is 2.21 bits per heavy atom.